The highest BCUT2D eigenvalue weighted by molar-refractivity contribution is 6.32. The van der Waals surface area contributed by atoms with Crippen molar-refractivity contribution in [2.24, 2.45) is 0 Å². The molecule has 0 aromatic heterocycles. The van der Waals surface area contributed by atoms with E-state index < -0.39 is 12.0 Å². The SMILES string of the molecule is CCCOc1c(Cl)cc(C(=O)NC(CC(=O)OC)c2ccc(C)cc2)cc1OC. The fourth-order valence-corrected chi connectivity index (χ4v) is 3.00. The zero-order valence-corrected chi connectivity index (χ0v) is 17.8. The number of methoxy groups -OCH3 is 2. The van der Waals surface area contributed by atoms with Crippen LogP contribution >= 0.6 is 11.6 Å². The molecule has 1 N–H and O–H groups in total. The van der Waals surface area contributed by atoms with Gasteiger partial charge in [-0.15, -0.1) is 0 Å². The number of aryl methyl sites for hydroxylation is 1. The highest BCUT2D eigenvalue weighted by Gasteiger charge is 2.22. The molecule has 0 aliphatic rings. The summed E-state index contributed by atoms with van der Waals surface area (Å²) in [6.45, 7) is 4.43. The summed E-state index contributed by atoms with van der Waals surface area (Å²) in [6, 6.07) is 10.1. The number of benzene rings is 2. The van der Waals surface area contributed by atoms with Gasteiger partial charge >= 0.3 is 5.97 Å². The van der Waals surface area contributed by atoms with Gasteiger partial charge in [0.05, 0.1) is 38.3 Å². The first-order valence-electron chi connectivity index (χ1n) is 9.34. The second-order valence-corrected chi connectivity index (χ2v) is 6.96. The monoisotopic (exact) mass is 419 g/mol. The Morgan fingerprint density at radius 2 is 1.83 bits per heavy atom. The van der Waals surface area contributed by atoms with Gasteiger partial charge in [0.25, 0.3) is 5.91 Å². The first-order chi connectivity index (χ1) is 13.9. The zero-order valence-electron chi connectivity index (χ0n) is 17.1. The predicted molar refractivity (Wildman–Crippen MR) is 112 cm³/mol. The Morgan fingerprint density at radius 1 is 1.14 bits per heavy atom. The lowest BCUT2D eigenvalue weighted by Crippen LogP contribution is -2.30. The van der Waals surface area contributed by atoms with Crippen LogP contribution < -0.4 is 14.8 Å². The smallest absolute Gasteiger partial charge is 0.307 e. The lowest BCUT2D eigenvalue weighted by atomic mass is 10.0. The van der Waals surface area contributed by atoms with E-state index >= 15 is 0 Å². The first kappa shape index (κ1) is 22.6. The minimum atomic E-state index is -0.545. The van der Waals surface area contributed by atoms with Gasteiger partial charge in [-0.1, -0.05) is 48.4 Å². The summed E-state index contributed by atoms with van der Waals surface area (Å²) in [5, 5.41) is 3.16. The van der Waals surface area contributed by atoms with Gasteiger partial charge in [0, 0.05) is 5.56 Å². The molecule has 6 nitrogen and oxygen atoms in total. The van der Waals surface area contributed by atoms with Crippen LogP contribution in [0.2, 0.25) is 5.02 Å². The number of nitrogens with one attached hydrogen (secondary N) is 1. The Labute approximate surface area is 176 Å². The minimum absolute atomic E-state index is 0.00780. The Bertz CT molecular complexity index is 851. The van der Waals surface area contributed by atoms with Crippen LogP contribution in [0, 0.1) is 6.92 Å². The van der Waals surface area contributed by atoms with Crippen LogP contribution in [-0.4, -0.2) is 32.7 Å². The summed E-state index contributed by atoms with van der Waals surface area (Å²) in [5.41, 5.74) is 2.18. The van der Waals surface area contributed by atoms with Gasteiger partial charge in [-0.05, 0) is 31.0 Å². The molecule has 7 heteroatoms. The van der Waals surface area contributed by atoms with Gasteiger partial charge < -0.3 is 19.5 Å². The molecule has 0 spiro atoms. The molecule has 2 aromatic rings. The van der Waals surface area contributed by atoms with Gasteiger partial charge in [-0.25, -0.2) is 0 Å². The number of esters is 1. The highest BCUT2D eigenvalue weighted by atomic mass is 35.5. The molecular weight excluding hydrogens is 394 g/mol. The number of carbonyl (C=O) groups excluding carboxylic acids is 2. The molecule has 0 saturated carbocycles. The average Bonchev–Trinajstić information content (AvgIpc) is 2.72. The summed E-state index contributed by atoms with van der Waals surface area (Å²) >= 11 is 6.31. The van der Waals surface area contributed by atoms with Crippen molar-refractivity contribution in [3.05, 3.63) is 58.1 Å². The standard InChI is InChI=1S/C22H26ClNO5/c1-5-10-29-21-17(23)11-16(12-19(21)27-3)22(26)24-18(13-20(25)28-4)15-8-6-14(2)7-9-15/h6-9,11-12,18H,5,10,13H2,1-4H3,(H,24,26). The second-order valence-electron chi connectivity index (χ2n) is 6.55. The van der Waals surface area contributed by atoms with E-state index in [1.165, 1.54) is 20.3 Å². The third-order valence-corrected chi connectivity index (χ3v) is 4.61. The molecule has 0 fully saturated rings. The maximum Gasteiger partial charge on any atom is 0.307 e. The maximum atomic E-state index is 12.9. The highest BCUT2D eigenvalue weighted by Crippen LogP contribution is 2.36. The lowest BCUT2D eigenvalue weighted by molar-refractivity contribution is -0.141. The number of carbonyl (C=O) groups is 2. The predicted octanol–water partition coefficient (Wildman–Crippen LogP) is 4.48. The molecular formula is C22H26ClNO5. The van der Waals surface area contributed by atoms with Crippen molar-refractivity contribution >= 4 is 23.5 Å². The van der Waals surface area contributed by atoms with E-state index in [1.54, 1.807) is 6.07 Å². The van der Waals surface area contributed by atoms with Crippen LogP contribution in [-0.2, 0) is 9.53 Å². The molecule has 0 aliphatic heterocycles. The molecule has 2 aromatic carbocycles. The number of hydrogen-bond acceptors (Lipinski definition) is 5. The van der Waals surface area contributed by atoms with E-state index in [0.717, 1.165) is 17.5 Å². The van der Waals surface area contributed by atoms with Crippen LogP contribution in [0.25, 0.3) is 0 Å². The largest absolute Gasteiger partial charge is 0.493 e. The van der Waals surface area contributed by atoms with Gasteiger partial charge in [-0.2, -0.15) is 0 Å². The van der Waals surface area contributed by atoms with Gasteiger partial charge in [0.1, 0.15) is 0 Å². The normalized spacial score (nSPS) is 11.5. The molecule has 0 bridgehead atoms. The Hall–Kier alpha value is -2.73. The summed E-state index contributed by atoms with van der Waals surface area (Å²) in [7, 11) is 2.80. The third-order valence-electron chi connectivity index (χ3n) is 4.33. The van der Waals surface area contributed by atoms with Crippen molar-refractivity contribution in [2.45, 2.75) is 32.7 Å². The van der Waals surface area contributed by atoms with Gasteiger partial charge in [0.15, 0.2) is 11.5 Å². The lowest BCUT2D eigenvalue weighted by Gasteiger charge is -2.19. The number of halogens is 1. The van der Waals surface area contributed by atoms with Crippen molar-refractivity contribution < 1.29 is 23.8 Å². The van der Waals surface area contributed by atoms with Crippen LogP contribution in [0.5, 0.6) is 11.5 Å². The molecule has 29 heavy (non-hydrogen) atoms. The number of hydrogen-bond donors (Lipinski definition) is 1. The molecule has 156 valence electrons. The topological polar surface area (TPSA) is 73.9 Å². The molecule has 1 atom stereocenters. The summed E-state index contributed by atoms with van der Waals surface area (Å²) < 4.78 is 15.7. The van der Waals surface area contributed by atoms with Crippen molar-refractivity contribution in [2.75, 3.05) is 20.8 Å². The van der Waals surface area contributed by atoms with Crippen LogP contribution in [0.3, 0.4) is 0 Å². The Morgan fingerprint density at radius 3 is 2.41 bits per heavy atom. The number of rotatable bonds is 9. The molecule has 1 unspecified atom stereocenters. The molecule has 0 heterocycles. The fourth-order valence-electron chi connectivity index (χ4n) is 2.74. The van der Waals surface area contributed by atoms with Crippen molar-refractivity contribution in [3.8, 4) is 11.5 Å². The molecule has 1 amide bonds. The third kappa shape index (κ3) is 6.12. The van der Waals surface area contributed by atoms with E-state index in [4.69, 9.17) is 25.8 Å². The van der Waals surface area contributed by atoms with Crippen LogP contribution in [0.1, 0.15) is 47.3 Å². The zero-order chi connectivity index (χ0) is 21.4. The maximum absolute atomic E-state index is 12.9. The molecule has 0 saturated heterocycles. The number of ether oxygens (including phenoxy) is 3. The molecule has 0 aliphatic carbocycles. The average molecular weight is 420 g/mol. The van der Waals surface area contributed by atoms with Crippen LogP contribution in [0.4, 0.5) is 0 Å². The Balaban J connectivity index is 2.29. The van der Waals surface area contributed by atoms with Crippen molar-refractivity contribution in [3.63, 3.8) is 0 Å². The molecule has 0 radical (unpaired) electrons. The fraction of sp³-hybridized carbons (Fsp3) is 0.364. The van der Waals surface area contributed by atoms with Crippen molar-refractivity contribution in [1.29, 1.82) is 0 Å². The summed E-state index contributed by atoms with van der Waals surface area (Å²) in [5.74, 6) is -0.0373. The molecule has 2 rings (SSSR count). The van der Waals surface area contributed by atoms with Gasteiger partial charge in [0.2, 0.25) is 0 Å². The van der Waals surface area contributed by atoms with Crippen molar-refractivity contribution in [1.82, 2.24) is 5.32 Å². The van der Waals surface area contributed by atoms with Crippen LogP contribution in [0.15, 0.2) is 36.4 Å². The first-order valence-corrected chi connectivity index (χ1v) is 9.72. The summed E-state index contributed by atoms with van der Waals surface area (Å²) in [6.07, 6.45) is 0.821. The minimum Gasteiger partial charge on any atom is -0.493 e. The Kier molecular flexibility index (Phi) is 8.34. The van der Waals surface area contributed by atoms with E-state index in [0.29, 0.717) is 23.7 Å². The summed E-state index contributed by atoms with van der Waals surface area (Å²) in [4.78, 5) is 24.7. The van der Waals surface area contributed by atoms with E-state index in [2.05, 4.69) is 5.32 Å². The van der Waals surface area contributed by atoms with Gasteiger partial charge in [-0.3, -0.25) is 9.59 Å². The second kappa shape index (κ2) is 10.7. The number of amides is 1. The van der Waals surface area contributed by atoms with E-state index in [1.807, 2.05) is 38.1 Å². The van der Waals surface area contributed by atoms with E-state index in [9.17, 15) is 9.59 Å². The van der Waals surface area contributed by atoms with E-state index in [-0.39, 0.29) is 17.4 Å². The quantitative estimate of drug-likeness (QED) is 0.606.